The molecule has 6 heteroatoms. The molecule has 0 radical (unpaired) electrons. The van der Waals surface area contributed by atoms with Gasteiger partial charge in [0.15, 0.2) is 0 Å². The van der Waals surface area contributed by atoms with E-state index in [9.17, 15) is 4.79 Å². The molecule has 1 saturated heterocycles. The van der Waals surface area contributed by atoms with E-state index in [1.807, 2.05) is 52.7 Å². The molecule has 1 aliphatic rings. The molecule has 1 aliphatic heterocycles. The Bertz CT molecular complexity index is 967. The predicted molar refractivity (Wildman–Crippen MR) is 118 cm³/mol. The minimum Gasteiger partial charge on any atom is -0.496 e. The molecule has 0 spiro atoms. The third-order valence-electron chi connectivity index (χ3n) is 5.26. The number of para-hydroxylation sites is 1. The predicted octanol–water partition coefficient (Wildman–Crippen LogP) is 4.56. The zero-order valence-electron chi connectivity index (χ0n) is 17.1. The van der Waals surface area contributed by atoms with Crippen molar-refractivity contribution < 1.29 is 14.3 Å². The summed E-state index contributed by atoms with van der Waals surface area (Å²) in [4.78, 5) is 19.9. The number of ether oxygens (including phenoxy) is 2. The monoisotopic (exact) mass is 422 g/mol. The van der Waals surface area contributed by atoms with Crippen LogP contribution in [0.5, 0.6) is 5.75 Å². The summed E-state index contributed by atoms with van der Waals surface area (Å²) in [5, 5.41) is 2.81. The zero-order chi connectivity index (χ0) is 20.8. The number of carbonyl (C=O) groups excluding carboxylic acids is 1. The second-order valence-electron chi connectivity index (χ2n) is 7.42. The average molecular weight is 423 g/mol. The molecule has 4 rings (SSSR count). The van der Waals surface area contributed by atoms with Crippen molar-refractivity contribution >= 4 is 17.2 Å². The number of methoxy groups -OCH3 is 1. The molecular weight excluding hydrogens is 396 g/mol. The molecule has 0 saturated carbocycles. The van der Waals surface area contributed by atoms with E-state index < -0.39 is 0 Å². The lowest BCUT2D eigenvalue weighted by Gasteiger charge is -2.25. The SMILES string of the molecule is COc1ccccc1CN(CC1CCCO1)C(=O)c1csc(Cc2ccccc2)n1. The van der Waals surface area contributed by atoms with Gasteiger partial charge in [-0.2, -0.15) is 0 Å². The minimum atomic E-state index is -0.0630. The maximum Gasteiger partial charge on any atom is 0.273 e. The quantitative estimate of drug-likeness (QED) is 0.534. The molecule has 1 unspecified atom stereocenters. The van der Waals surface area contributed by atoms with E-state index in [2.05, 4.69) is 17.1 Å². The Kier molecular flexibility index (Phi) is 6.77. The van der Waals surface area contributed by atoms with Gasteiger partial charge in [0.1, 0.15) is 11.4 Å². The van der Waals surface area contributed by atoms with Gasteiger partial charge < -0.3 is 14.4 Å². The lowest BCUT2D eigenvalue weighted by Crippen LogP contribution is -2.37. The number of rotatable bonds is 8. The first-order valence-corrected chi connectivity index (χ1v) is 11.1. The normalized spacial score (nSPS) is 15.8. The molecule has 0 aliphatic carbocycles. The van der Waals surface area contributed by atoms with Crippen molar-refractivity contribution in [2.45, 2.75) is 31.9 Å². The number of aromatic nitrogens is 1. The third-order valence-corrected chi connectivity index (χ3v) is 6.11. The van der Waals surface area contributed by atoms with Crippen LogP contribution in [0.2, 0.25) is 0 Å². The fraction of sp³-hybridized carbons (Fsp3) is 0.333. The van der Waals surface area contributed by atoms with Crippen molar-refractivity contribution in [3.05, 3.63) is 81.8 Å². The number of hydrogen-bond donors (Lipinski definition) is 0. The summed E-state index contributed by atoms with van der Waals surface area (Å²) >= 11 is 1.53. The topological polar surface area (TPSA) is 51.7 Å². The summed E-state index contributed by atoms with van der Waals surface area (Å²) in [5.41, 5.74) is 2.67. The van der Waals surface area contributed by atoms with Gasteiger partial charge in [-0.25, -0.2) is 4.98 Å². The molecule has 3 aromatic rings. The third kappa shape index (κ3) is 5.07. The molecule has 0 N–H and O–H groups in total. The van der Waals surface area contributed by atoms with Crippen molar-refractivity contribution in [3.8, 4) is 5.75 Å². The zero-order valence-corrected chi connectivity index (χ0v) is 17.9. The Hall–Kier alpha value is -2.70. The van der Waals surface area contributed by atoms with E-state index in [-0.39, 0.29) is 12.0 Å². The molecule has 2 heterocycles. The van der Waals surface area contributed by atoms with Gasteiger partial charge in [0.2, 0.25) is 0 Å². The van der Waals surface area contributed by atoms with E-state index in [4.69, 9.17) is 9.47 Å². The maximum atomic E-state index is 13.4. The molecule has 30 heavy (non-hydrogen) atoms. The second kappa shape index (κ2) is 9.87. The van der Waals surface area contributed by atoms with Crippen LogP contribution in [0.4, 0.5) is 0 Å². The molecule has 1 aromatic heterocycles. The number of thiazole rings is 1. The summed E-state index contributed by atoms with van der Waals surface area (Å²) in [6, 6.07) is 18.0. The van der Waals surface area contributed by atoms with Gasteiger partial charge in [0.05, 0.1) is 18.2 Å². The van der Waals surface area contributed by atoms with E-state index in [1.165, 1.54) is 16.9 Å². The highest BCUT2D eigenvalue weighted by Gasteiger charge is 2.26. The van der Waals surface area contributed by atoms with Crippen LogP contribution >= 0.6 is 11.3 Å². The van der Waals surface area contributed by atoms with Gasteiger partial charge in [-0.15, -0.1) is 11.3 Å². The number of carbonyl (C=O) groups is 1. The number of benzene rings is 2. The lowest BCUT2D eigenvalue weighted by molar-refractivity contribution is 0.0502. The Balaban J connectivity index is 1.53. The first-order valence-electron chi connectivity index (χ1n) is 10.2. The highest BCUT2D eigenvalue weighted by atomic mass is 32.1. The standard InChI is InChI=1S/C24H26N2O3S/c1-28-22-12-6-5-10-19(22)15-26(16-20-11-7-13-29-20)24(27)21-17-30-23(25-21)14-18-8-3-2-4-9-18/h2-6,8-10,12,17,20H,7,11,13-16H2,1H3. The van der Waals surface area contributed by atoms with Crippen LogP contribution in [0.15, 0.2) is 60.0 Å². The van der Waals surface area contributed by atoms with Gasteiger partial charge in [-0.3, -0.25) is 4.79 Å². The second-order valence-corrected chi connectivity index (χ2v) is 8.36. The Morgan fingerprint density at radius 2 is 2.00 bits per heavy atom. The van der Waals surface area contributed by atoms with Gasteiger partial charge in [0.25, 0.3) is 5.91 Å². The van der Waals surface area contributed by atoms with Crippen LogP contribution in [0.25, 0.3) is 0 Å². The number of amides is 1. The Morgan fingerprint density at radius 1 is 1.20 bits per heavy atom. The number of nitrogens with zero attached hydrogens (tertiary/aromatic N) is 2. The Labute approximate surface area is 181 Å². The fourth-order valence-electron chi connectivity index (χ4n) is 3.72. The van der Waals surface area contributed by atoms with E-state index in [0.717, 1.165) is 42.2 Å². The first-order chi connectivity index (χ1) is 14.7. The fourth-order valence-corrected chi connectivity index (χ4v) is 4.52. The summed E-state index contributed by atoms with van der Waals surface area (Å²) in [7, 11) is 1.65. The van der Waals surface area contributed by atoms with E-state index >= 15 is 0 Å². The molecule has 1 amide bonds. The van der Waals surface area contributed by atoms with Gasteiger partial charge in [-0.1, -0.05) is 48.5 Å². The van der Waals surface area contributed by atoms with Gasteiger partial charge in [-0.05, 0) is 24.5 Å². The van der Waals surface area contributed by atoms with Crippen molar-refractivity contribution in [3.63, 3.8) is 0 Å². The number of hydrogen-bond acceptors (Lipinski definition) is 5. The van der Waals surface area contributed by atoms with Crippen molar-refractivity contribution in [2.75, 3.05) is 20.3 Å². The van der Waals surface area contributed by atoms with Crippen LogP contribution in [0.1, 0.15) is 39.5 Å². The smallest absolute Gasteiger partial charge is 0.273 e. The lowest BCUT2D eigenvalue weighted by atomic mass is 10.1. The molecule has 1 fully saturated rings. The molecular formula is C24H26N2O3S. The first kappa shape index (κ1) is 20.6. The molecule has 5 nitrogen and oxygen atoms in total. The molecule has 2 aromatic carbocycles. The molecule has 156 valence electrons. The summed E-state index contributed by atoms with van der Waals surface area (Å²) in [6.07, 6.45) is 2.83. The van der Waals surface area contributed by atoms with Crippen LogP contribution in [-0.2, 0) is 17.7 Å². The average Bonchev–Trinajstić information content (AvgIpc) is 3.46. The van der Waals surface area contributed by atoms with Gasteiger partial charge in [0, 0.05) is 37.1 Å². The molecule has 1 atom stereocenters. The highest BCUT2D eigenvalue weighted by molar-refractivity contribution is 7.09. The van der Waals surface area contributed by atoms with Crippen molar-refractivity contribution in [1.82, 2.24) is 9.88 Å². The maximum absolute atomic E-state index is 13.4. The highest BCUT2D eigenvalue weighted by Crippen LogP contribution is 2.23. The summed E-state index contributed by atoms with van der Waals surface area (Å²) in [5.74, 6) is 0.720. The van der Waals surface area contributed by atoms with E-state index in [0.29, 0.717) is 18.8 Å². The summed E-state index contributed by atoms with van der Waals surface area (Å²) in [6.45, 7) is 1.79. The van der Waals surface area contributed by atoms with Crippen LogP contribution in [0, 0.1) is 0 Å². The Morgan fingerprint density at radius 3 is 2.77 bits per heavy atom. The largest absolute Gasteiger partial charge is 0.496 e. The van der Waals surface area contributed by atoms with Gasteiger partial charge >= 0.3 is 0 Å². The van der Waals surface area contributed by atoms with Crippen LogP contribution < -0.4 is 4.74 Å². The van der Waals surface area contributed by atoms with Crippen molar-refractivity contribution in [1.29, 1.82) is 0 Å². The minimum absolute atomic E-state index is 0.0630. The van der Waals surface area contributed by atoms with Crippen molar-refractivity contribution in [2.24, 2.45) is 0 Å². The summed E-state index contributed by atoms with van der Waals surface area (Å²) < 4.78 is 11.3. The van der Waals surface area contributed by atoms with Crippen LogP contribution in [0.3, 0.4) is 0 Å². The van der Waals surface area contributed by atoms with E-state index in [1.54, 1.807) is 7.11 Å². The molecule has 0 bridgehead atoms. The van der Waals surface area contributed by atoms with Crippen LogP contribution in [-0.4, -0.2) is 42.2 Å².